The van der Waals surface area contributed by atoms with Crippen molar-refractivity contribution in [3.05, 3.63) is 113 Å². The molecule has 0 aliphatic rings. The van der Waals surface area contributed by atoms with E-state index in [4.69, 9.17) is 5.73 Å². The number of benzene rings is 4. The topological polar surface area (TPSA) is 68.2 Å². The minimum Gasteiger partial charge on any atom is -0.507 e. The van der Waals surface area contributed by atoms with Crippen molar-refractivity contribution in [3.63, 3.8) is 0 Å². The molecule has 1 heterocycles. The first-order valence-electron chi connectivity index (χ1n) is 10.3. The summed E-state index contributed by atoms with van der Waals surface area (Å²) < 4.78 is 2.15. The Bertz CT molecular complexity index is 1420. The Kier molecular flexibility index (Phi) is 4.68. The van der Waals surface area contributed by atoms with Crippen LogP contribution in [-0.2, 0) is 13.0 Å². The molecule has 152 valence electrons. The average molecular weight is 406 g/mol. The van der Waals surface area contributed by atoms with Gasteiger partial charge in [0.05, 0.1) is 16.4 Å². The minimum absolute atomic E-state index is 0.146. The van der Waals surface area contributed by atoms with Gasteiger partial charge in [-0.05, 0) is 47.4 Å². The van der Waals surface area contributed by atoms with Gasteiger partial charge >= 0.3 is 0 Å². The number of phenols is 1. The van der Waals surface area contributed by atoms with Crippen molar-refractivity contribution in [2.75, 3.05) is 0 Å². The molecule has 0 aliphatic carbocycles. The summed E-state index contributed by atoms with van der Waals surface area (Å²) in [5, 5.41) is 12.0. The number of nitrogens with two attached hydrogens (primary N) is 1. The Balaban J connectivity index is 1.70. The van der Waals surface area contributed by atoms with Crippen molar-refractivity contribution in [1.29, 1.82) is 0 Å². The lowest BCUT2D eigenvalue weighted by Gasteiger charge is -2.13. The van der Waals surface area contributed by atoms with Crippen molar-refractivity contribution < 1.29 is 9.90 Å². The summed E-state index contributed by atoms with van der Waals surface area (Å²) in [5.74, 6) is -0.357. The summed E-state index contributed by atoms with van der Waals surface area (Å²) >= 11 is 0. The van der Waals surface area contributed by atoms with E-state index in [2.05, 4.69) is 47.0 Å². The average Bonchev–Trinajstić information content (AvgIpc) is 3.10. The highest BCUT2D eigenvalue weighted by atomic mass is 16.3. The highest BCUT2D eigenvalue weighted by Crippen LogP contribution is 2.37. The van der Waals surface area contributed by atoms with E-state index in [0.717, 1.165) is 17.5 Å². The van der Waals surface area contributed by atoms with Crippen LogP contribution in [-0.4, -0.2) is 15.6 Å². The Hall–Kier alpha value is -4.05. The monoisotopic (exact) mass is 406 g/mol. The summed E-state index contributed by atoms with van der Waals surface area (Å²) in [6.45, 7) is 0.620. The third-order valence-corrected chi connectivity index (χ3v) is 5.84. The Morgan fingerprint density at radius 2 is 1.39 bits per heavy atom. The molecule has 1 amide bonds. The number of aromatic hydroxyl groups is 1. The zero-order chi connectivity index (χ0) is 21.4. The maximum Gasteiger partial charge on any atom is 0.249 e. The fraction of sp³-hybridized carbons (Fsp3) is 0.0741. The smallest absolute Gasteiger partial charge is 0.249 e. The molecule has 5 aromatic rings. The van der Waals surface area contributed by atoms with Crippen LogP contribution >= 0.6 is 0 Å². The first-order chi connectivity index (χ1) is 15.1. The number of carbonyl (C=O) groups is 1. The Morgan fingerprint density at radius 3 is 2.13 bits per heavy atom. The normalized spacial score (nSPS) is 11.2. The predicted octanol–water partition coefficient (Wildman–Crippen LogP) is 5.24. The quantitative estimate of drug-likeness (QED) is 0.419. The SMILES string of the molecule is NC(=O)c1cccc2c1c1c(O)cccc1n2Cc1ccccc1Cc1ccccc1. The molecule has 0 unspecified atom stereocenters. The number of primary amides is 1. The van der Waals surface area contributed by atoms with E-state index in [1.807, 2.05) is 36.4 Å². The maximum atomic E-state index is 12.1. The third kappa shape index (κ3) is 3.32. The second-order valence-corrected chi connectivity index (χ2v) is 7.75. The van der Waals surface area contributed by atoms with Gasteiger partial charge < -0.3 is 15.4 Å². The van der Waals surface area contributed by atoms with Gasteiger partial charge in [-0.1, -0.05) is 66.7 Å². The van der Waals surface area contributed by atoms with Crippen molar-refractivity contribution in [2.45, 2.75) is 13.0 Å². The summed E-state index contributed by atoms with van der Waals surface area (Å²) in [6, 6.07) is 29.8. The first kappa shape index (κ1) is 18.9. The fourth-order valence-electron chi connectivity index (χ4n) is 4.41. The van der Waals surface area contributed by atoms with Gasteiger partial charge in [0.2, 0.25) is 5.91 Å². The molecule has 4 aromatic carbocycles. The molecule has 4 heteroatoms. The number of hydrogen-bond donors (Lipinski definition) is 2. The molecular formula is C27H22N2O2. The molecule has 0 radical (unpaired) electrons. The molecule has 0 saturated carbocycles. The fourth-order valence-corrected chi connectivity index (χ4v) is 4.41. The third-order valence-electron chi connectivity index (χ3n) is 5.84. The van der Waals surface area contributed by atoms with Crippen LogP contribution < -0.4 is 5.73 Å². The molecular weight excluding hydrogens is 384 g/mol. The number of aromatic nitrogens is 1. The minimum atomic E-state index is -0.502. The van der Waals surface area contributed by atoms with Crippen LogP contribution in [0.25, 0.3) is 21.8 Å². The number of phenolic OH excluding ortho intramolecular Hbond substituents is 1. The summed E-state index contributed by atoms with van der Waals surface area (Å²) in [6.07, 6.45) is 0.839. The molecule has 0 aliphatic heterocycles. The molecule has 31 heavy (non-hydrogen) atoms. The molecule has 0 bridgehead atoms. The molecule has 5 rings (SSSR count). The van der Waals surface area contributed by atoms with E-state index in [0.29, 0.717) is 22.9 Å². The molecule has 0 atom stereocenters. The van der Waals surface area contributed by atoms with Crippen molar-refractivity contribution in [1.82, 2.24) is 4.57 Å². The van der Waals surface area contributed by atoms with Crippen LogP contribution in [0.5, 0.6) is 5.75 Å². The predicted molar refractivity (Wildman–Crippen MR) is 124 cm³/mol. The number of amides is 1. The van der Waals surface area contributed by atoms with Crippen LogP contribution in [0.15, 0.2) is 91.0 Å². The van der Waals surface area contributed by atoms with Gasteiger partial charge in [0.15, 0.2) is 0 Å². The van der Waals surface area contributed by atoms with Gasteiger partial charge in [-0.3, -0.25) is 4.79 Å². The Morgan fingerprint density at radius 1 is 0.742 bits per heavy atom. The highest BCUT2D eigenvalue weighted by Gasteiger charge is 2.19. The van der Waals surface area contributed by atoms with Crippen molar-refractivity contribution in [2.24, 2.45) is 5.73 Å². The van der Waals surface area contributed by atoms with E-state index in [9.17, 15) is 9.90 Å². The second kappa shape index (κ2) is 7.65. The second-order valence-electron chi connectivity index (χ2n) is 7.75. The van der Waals surface area contributed by atoms with Gasteiger partial charge in [0, 0.05) is 17.5 Å². The van der Waals surface area contributed by atoms with Crippen molar-refractivity contribution >= 4 is 27.7 Å². The van der Waals surface area contributed by atoms with Gasteiger partial charge in [-0.15, -0.1) is 0 Å². The number of fused-ring (bicyclic) bond motifs is 3. The van der Waals surface area contributed by atoms with E-state index in [1.165, 1.54) is 16.7 Å². The zero-order valence-corrected chi connectivity index (χ0v) is 17.0. The number of hydrogen-bond acceptors (Lipinski definition) is 2. The van der Waals surface area contributed by atoms with Crippen molar-refractivity contribution in [3.8, 4) is 5.75 Å². The first-order valence-corrected chi connectivity index (χ1v) is 10.3. The van der Waals surface area contributed by atoms with Crippen LogP contribution in [0.2, 0.25) is 0 Å². The van der Waals surface area contributed by atoms with E-state index in [1.54, 1.807) is 12.1 Å². The van der Waals surface area contributed by atoms with Gasteiger partial charge in [-0.25, -0.2) is 0 Å². The standard InChI is InChI=1S/C27H22N2O2/c28-27(31)21-12-6-13-22-25(21)26-23(14-7-15-24(26)30)29(22)17-20-11-5-4-10-19(20)16-18-8-2-1-3-9-18/h1-15,30H,16-17H2,(H2,28,31). The largest absolute Gasteiger partial charge is 0.507 e. The molecule has 0 saturated heterocycles. The summed E-state index contributed by atoms with van der Waals surface area (Å²) in [5.41, 5.74) is 11.5. The highest BCUT2D eigenvalue weighted by molar-refractivity contribution is 6.19. The van der Waals surface area contributed by atoms with Crippen LogP contribution in [0, 0.1) is 0 Å². The van der Waals surface area contributed by atoms with E-state index >= 15 is 0 Å². The molecule has 1 aromatic heterocycles. The maximum absolute atomic E-state index is 12.1. The molecule has 0 spiro atoms. The number of carbonyl (C=O) groups excluding carboxylic acids is 1. The lowest BCUT2D eigenvalue weighted by molar-refractivity contribution is 0.100. The summed E-state index contributed by atoms with van der Waals surface area (Å²) in [7, 11) is 0. The van der Waals surface area contributed by atoms with Gasteiger partial charge in [0.1, 0.15) is 5.75 Å². The van der Waals surface area contributed by atoms with E-state index in [-0.39, 0.29) is 5.75 Å². The molecule has 3 N–H and O–H groups in total. The van der Waals surface area contributed by atoms with Gasteiger partial charge in [-0.2, -0.15) is 0 Å². The van der Waals surface area contributed by atoms with Gasteiger partial charge in [0.25, 0.3) is 0 Å². The lowest BCUT2D eigenvalue weighted by atomic mass is 9.99. The summed E-state index contributed by atoms with van der Waals surface area (Å²) in [4.78, 5) is 12.1. The zero-order valence-electron chi connectivity index (χ0n) is 17.0. The van der Waals surface area contributed by atoms with Crippen LogP contribution in [0.3, 0.4) is 0 Å². The number of rotatable bonds is 5. The Labute approximate surface area is 180 Å². The van der Waals surface area contributed by atoms with Crippen LogP contribution in [0.1, 0.15) is 27.0 Å². The van der Waals surface area contributed by atoms with E-state index < -0.39 is 5.91 Å². The molecule has 4 nitrogen and oxygen atoms in total. The van der Waals surface area contributed by atoms with Crippen LogP contribution in [0.4, 0.5) is 0 Å². The lowest BCUT2D eigenvalue weighted by Crippen LogP contribution is -2.11. The number of nitrogens with zero attached hydrogens (tertiary/aromatic N) is 1. The molecule has 0 fully saturated rings.